The smallest absolute Gasteiger partial charge is 0.227 e. The normalized spacial score (nSPS) is 10.2. The molecule has 0 radical (unpaired) electrons. The maximum Gasteiger partial charge on any atom is 0.227 e. The highest BCUT2D eigenvalue weighted by Crippen LogP contribution is 2.28. The molecule has 28 heavy (non-hydrogen) atoms. The van der Waals surface area contributed by atoms with Gasteiger partial charge in [-0.3, -0.25) is 4.79 Å². The molecule has 1 aromatic heterocycles. The number of pyridine rings is 1. The van der Waals surface area contributed by atoms with Gasteiger partial charge in [-0.15, -0.1) is 0 Å². The molecule has 6 nitrogen and oxygen atoms in total. The summed E-state index contributed by atoms with van der Waals surface area (Å²) in [5, 5.41) is 6.45. The van der Waals surface area contributed by atoms with Crippen LogP contribution in [0.2, 0.25) is 5.02 Å². The van der Waals surface area contributed by atoms with Gasteiger partial charge in [0.1, 0.15) is 17.3 Å². The SMILES string of the molecule is COc1ccc(Nc2ccc(NC(=O)CCOc3ccccc3)cn2)cc1Cl. The van der Waals surface area contributed by atoms with E-state index in [0.717, 1.165) is 11.4 Å². The van der Waals surface area contributed by atoms with Crippen LogP contribution in [-0.4, -0.2) is 24.6 Å². The second-order valence-corrected chi connectivity index (χ2v) is 6.27. The average Bonchev–Trinajstić information content (AvgIpc) is 2.70. The lowest BCUT2D eigenvalue weighted by Crippen LogP contribution is -2.15. The van der Waals surface area contributed by atoms with Crippen LogP contribution in [0.4, 0.5) is 17.2 Å². The van der Waals surface area contributed by atoms with Crippen molar-refractivity contribution in [3.05, 3.63) is 71.9 Å². The molecule has 7 heteroatoms. The number of hydrogen-bond acceptors (Lipinski definition) is 5. The number of anilines is 3. The van der Waals surface area contributed by atoms with Gasteiger partial charge in [-0.1, -0.05) is 29.8 Å². The average molecular weight is 398 g/mol. The number of carbonyl (C=O) groups excluding carboxylic acids is 1. The number of benzene rings is 2. The minimum absolute atomic E-state index is 0.139. The summed E-state index contributed by atoms with van der Waals surface area (Å²) in [6, 6.07) is 18.3. The standard InChI is InChI=1S/C21H20ClN3O3/c1-27-19-9-7-15(13-18(19)22)24-20-10-8-16(14-23-20)25-21(26)11-12-28-17-5-3-2-4-6-17/h2-10,13-14H,11-12H2,1H3,(H,23,24)(H,25,26). The van der Waals surface area contributed by atoms with Crippen LogP contribution in [0.3, 0.4) is 0 Å². The Bertz CT molecular complexity index is 918. The fourth-order valence-electron chi connectivity index (χ4n) is 2.44. The summed E-state index contributed by atoms with van der Waals surface area (Å²) in [5.74, 6) is 1.84. The highest BCUT2D eigenvalue weighted by Gasteiger charge is 2.05. The van der Waals surface area contributed by atoms with Gasteiger partial charge in [-0.05, 0) is 42.5 Å². The highest BCUT2D eigenvalue weighted by atomic mass is 35.5. The van der Waals surface area contributed by atoms with Crippen LogP contribution < -0.4 is 20.1 Å². The molecule has 0 fully saturated rings. The van der Waals surface area contributed by atoms with Crippen LogP contribution in [0.15, 0.2) is 66.9 Å². The molecule has 144 valence electrons. The van der Waals surface area contributed by atoms with Crippen LogP contribution in [0.1, 0.15) is 6.42 Å². The first-order valence-electron chi connectivity index (χ1n) is 8.68. The van der Waals surface area contributed by atoms with Crippen LogP contribution in [-0.2, 0) is 4.79 Å². The molecule has 0 unspecified atom stereocenters. The zero-order valence-corrected chi connectivity index (χ0v) is 16.1. The summed E-state index contributed by atoms with van der Waals surface area (Å²) in [6.07, 6.45) is 1.84. The zero-order valence-electron chi connectivity index (χ0n) is 15.3. The molecule has 0 atom stereocenters. The third-order valence-corrected chi connectivity index (χ3v) is 4.11. The van der Waals surface area contributed by atoms with E-state index in [0.29, 0.717) is 28.9 Å². The van der Waals surface area contributed by atoms with E-state index in [1.54, 1.807) is 37.6 Å². The van der Waals surface area contributed by atoms with E-state index in [1.807, 2.05) is 36.4 Å². The molecule has 0 spiro atoms. The van der Waals surface area contributed by atoms with E-state index in [2.05, 4.69) is 15.6 Å². The zero-order chi connectivity index (χ0) is 19.8. The predicted molar refractivity (Wildman–Crippen MR) is 111 cm³/mol. The van der Waals surface area contributed by atoms with Crippen molar-refractivity contribution in [2.75, 3.05) is 24.4 Å². The molecule has 0 saturated carbocycles. The van der Waals surface area contributed by atoms with E-state index >= 15 is 0 Å². The molecule has 3 aromatic rings. The molecule has 0 bridgehead atoms. The van der Waals surface area contributed by atoms with Crippen molar-refractivity contribution in [1.82, 2.24) is 4.98 Å². The first-order valence-corrected chi connectivity index (χ1v) is 9.06. The minimum atomic E-state index is -0.139. The number of para-hydroxylation sites is 1. The van der Waals surface area contributed by atoms with Crippen molar-refractivity contribution >= 4 is 34.7 Å². The lowest BCUT2D eigenvalue weighted by atomic mass is 10.3. The summed E-state index contributed by atoms with van der Waals surface area (Å²) >= 11 is 6.12. The molecule has 0 aliphatic rings. The Hall–Kier alpha value is -3.25. The van der Waals surface area contributed by atoms with Crippen molar-refractivity contribution in [2.45, 2.75) is 6.42 Å². The second kappa shape index (κ2) is 9.62. The van der Waals surface area contributed by atoms with E-state index in [1.165, 1.54) is 0 Å². The third kappa shape index (κ3) is 5.62. The van der Waals surface area contributed by atoms with Gasteiger partial charge in [0, 0.05) is 5.69 Å². The van der Waals surface area contributed by atoms with E-state index < -0.39 is 0 Å². The van der Waals surface area contributed by atoms with E-state index in [-0.39, 0.29) is 12.3 Å². The van der Waals surface area contributed by atoms with Crippen molar-refractivity contribution in [1.29, 1.82) is 0 Å². The Morgan fingerprint density at radius 3 is 2.54 bits per heavy atom. The number of rotatable bonds is 8. The van der Waals surface area contributed by atoms with Gasteiger partial charge in [-0.25, -0.2) is 4.98 Å². The molecular formula is C21H20ClN3O3. The second-order valence-electron chi connectivity index (χ2n) is 5.87. The molecule has 2 aromatic carbocycles. The van der Waals surface area contributed by atoms with Crippen molar-refractivity contribution in [3.63, 3.8) is 0 Å². The summed E-state index contributed by atoms with van der Waals surface area (Å²) in [7, 11) is 1.57. The van der Waals surface area contributed by atoms with E-state index in [9.17, 15) is 4.79 Å². The summed E-state index contributed by atoms with van der Waals surface area (Å²) in [4.78, 5) is 16.3. The quantitative estimate of drug-likeness (QED) is 0.566. The number of methoxy groups -OCH3 is 1. The van der Waals surface area contributed by atoms with Gasteiger partial charge in [-0.2, -0.15) is 0 Å². The van der Waals surface area contributed by atoms with Crippen LogP contribution in [0.5, 0.6) is 11.5 Å². The molecule has 0 saturated heterocycles. The Morgan fingerprint density at radius 1 is 1.07 bits per heavy atom. The number of nitrogens with one attached hydrogen (secondary N) is 2. The lowest BCUT2D eigenvalue weighted by molar-refractivity contribution is -0.116. The first-order chi connectivity index (χ1) is 13.6. The first kappa shape index (κ1) is 19.5. The van der Waals surface area contributed by atoms with Gasteiger partial charge in [0.15, 0.2) is 0 Å². The Labute approximate surface area is 168 Å². The largest absolute Gasteiger partial charge is 0.495 e. The minimum Gasteiger partial charge on any atom is -0.495 e. The molecule has 0 aliphatic carbocycles. The van der Waals surface area contributed by atoms with Gasteiger partial charge < -0.3 is 20.1 Å². The molecule has 1 amide bonds. The fourth-order valence-corrected chi connectivity index (χ4v) is 2.69. The van der Waals surface area contributed by atoms with Crippen molar-refractivity contribution < 1.29 is 14.3 Å². The van der Waals surface area contributed by atoms with Gasteiger partial charge in [0.25, 0.3) is 0 Å². The monoisotopic (exact) mass is 397 g/mol. The maximum absolute atomic E-state index is 12.0. The maximum atomic E-state index is 12.0. The van der Waals surface area contributed by atoms with Crippen LogP contribution in [0.25, 0.3) is 0 Å². The number of aromatic nitrogens is 1. The molecular weight excluding hydrogens is 378 g/mol. The van der Waals surface area contributed by atoms with Gasteiger partial charge in [0.05, 0.1) is 37.0 Å². The molecule has 3 rings (SSSR count). The molecule has 2 N–H and O–H groups in total. The molecule has 1 heterocycles. The summed E-state index contributed by atoms with van der Waals surface area (Å²) in [6.45, 7) is 0.307. The number of ether oxygens (including phenoxy) is 2. The highest BCUT2D eigenvalue weighted by molar-refractivity contribution is 6.32. The number of hydrogen-bond donors (Lipinski definition) is 2. The number of amides is 1. The van der Waals surface area contributed by atoms with Crippen LogP contribution >= 0.6 is 11.6 Å². The van der Waals surface area contributed by atoms with Gasteiger partial charge >= 0.3 is 0 Å². The predicted octanol–water partition coefficient (Wildman–Crippen LogP) is 4.89. The third-order valence-electron chi connectivity index (χ3n) is 3.81. The van der Waals surface area contributed by atoms with E-state index in [4.69, 9.17) is 21.1 Å². The van der Waals surface area contributed by atoms with Crippen molar-refractivity contribution in [3.8, 4) is 11.5 Å². The van der Waals surface area contributed by atoms with Gasteiger partial charge in [0.2, 0.25) is 5.91 Å². The van der Waals surface area contributed by atoms with Crippen LogP contribution in [0, 0.1) is 0 Å². The molecule has 0 aliphatic heterocycles. The lowest BCUT2D eigenvalue weighted by Gasteiger charge is -2.10. The number of halogens is 1. The number of carbonyl (C=O) groups is 1. The fraction of sp³-hybridized carbons (Fsp3) is 0.143. The summed E-state index contributed by atoms with van der Waals surface area (Å²) < 4.78 is 10.7. The Morgan fingerprint density at radius 2 is 1.86 bits per heavy atom. The Kier molecular flexibility index (Phi) is 6.70. The summed E-state index contributed by atoms with van der Waals surface area (Å²) in [5.41, 5.74) is 1.40. The number of nitrogens with zero attached hydrogens (tertiary/aromatic N) is 1. The Balaban J connectivity index is 1.48. The van der Waals surface area contributed by atoms with Crippen molar-refractivity contribution in [2.24, 2.45) is 0 Å². The topological polar surface area (TPSA) is 72.5 Å².